The lowest BCUT2D eigenvalue weighted by Crippen LogP contribution is -2.32. The topological polar surface area (TPSA) is 29.1 Å². The van der Waals surface area contributed by atoms with Crippen molar-refractivity contribution in [1.82, 2.24) is 5.32 Å². The van der Waals surface area contributed by atoms with Gasteiger partial charge in [0.25, 0.3) is 5.91 Å². The normalized spacial score (nSPS) is 23.7. The zero-order valence-electron chi connectivity index (χ0n) is 9.67. The largest absolute Gasteiger partial charge is 0.349 e. The number of rotatable bonds is 2. The van der Waals surface area contributed by atoms with Crippen molar-refractivity contribution in [1.29, 1.82) is 0 Å². The maximum atomic E-state index is 12.0. The number of benzene rings is 1. The van der Waals surface area contributed by atoms with Gasteiger partial charge in [0, 0.05) is 11.6 Å². The second-order valence-electron chi connectivity index (χ2n) is 4.72. The zero-order chi connectivity index (χ0) is 12.4. The molecule has 0 bridgehead atoms. The van der Waals surface area contributed by atoms with Crippen LogP contribution in [0.2, 0.25) is 10.0 Å². The molecule has 2 rings (SSSR count). The van der Waals surface area contributed by atoms with Gasteiger partial charge >= 0.3 is 0 Å². The van der Waals surface area contributed by atoms with E-state index in [4.69, 9.17) is 23.2 Å². The summed E-state index contributed by atoms with van der Waals surface area (Å²) >= 11 is 11.7. The van der Waals surface area contributed by atoms with E-state index >= 15 is 0 Å². The van der Waals surface area contributed by atoms with E-state index < -0.39 is 0 Å². The predicted octanol–water partition coefficient (Wildman–Crippen LogP) is 3.91. The smallest absolute Gasteiger partial charge is 0.251 e. The number of amides is 1. The first kappa shape index (κ1) is 12.7. The van der Waals surface area contributed by atoms with Gasteiger partial charge < -0.3 is 5.32 Å². The number of carbonyl (C=O) groups excluding carboxylic acids is 1. The Morgan fingerprint density at radius 3 is 2.65 bits per heavy atom. The van der Waals surface area contributed by atoms with Gasteiger partial charge in [0.15, 0.2) is 0 Å². The lowest BCUT2D eigenvalue weighted by atomic mass is 10.1. The van der Waals surface area contributed by atoms with Crippen molar-refractivity contribution < 1.29 is 4.79 Å². The first-order chi connectivity index (χ1) is 8.06. The van der Waals surface area contributed by atoms with Crippen LogP contribution in [-0.2, 0) is 0 Å². The minimum atomic E-state index is -0.0670. The van der Waals surface area contributed by atoms with Gasteiger partial charge in [-0.05, 0) is 43.4 Å². The van der Waals surface area contributed by atoms with E-state index in [1.165, 1.54) is 6.42 Å². The van der Waals surface area contributed by atoms with Gasteiger partial charge in [0.1, 0.15) is 0 Å². The quantitative estimate of drug-likeness (QED) is 0.868. The summed E-state index contributed by atoms with van der Waals surface area (Å²) in [5.41, 5.74) is 0.568. The molecule has 1 fully saturated rings. The summed E-state index contributed by atoms with van der Waals surface area (Å²) in [6.45, 7) is 2.21. The average molecular weight is 272 g/mol. The van der Waals surface area contributed by atoms with Gasteiger partial charge in [-0.15, -0.1) is 0 Å². The molecule has 0 saturated heterocycles. The van der Waals surface area contributed by atoms with Crippen LogP contribution < -0.4 is 5.32 Å². The van der Waals surface area contributed by atoms with Gasteiger partial charge in [-0.1, -0.05) is 30.1 Å². The Bertz CT molecular complexity index is 433. The summed E-state index contributed by atoms with van der Waals surface area (Å²) in [7, 11) is 0. The van der Waals surface area contributed by atoms with Gasteiger partial charge in [0.05, 0.1) is 10.0 Å². The van der Waals surface area contributed by atoms with Crippen molar-refractivity contribution in [2.75, 3.05) is 0 Å². The fourth-order valence-electron chi connectivity index (χ4n) is 2.24. The molecule has 17 heavy (non-hydrogen) atoms. The van der Waals surface area contributed by atoms with E-state index in [1.54, 1.807) is 18.2 Å². The third kappa shape index (κ3) is 3.14. The summed E-state index contributed by atoms with van der Waals surface area (Å²) in [6, 6.07) is 5.25. The molecule has 4 heteroatoms. The highest BCUT2D eigenvalue weighted by atomic mass is 35.5. The van der Waals surface area contributed by atoms with Crippen LogP contribution in [0.25, 0.3) is 0 Å². The highest BCUT2D eigenvalue weighted by molar-refractivity contribution is 6.42. The van der Waals surface area contributed by atoms with E-state index in [2.05, 4.69) is 12.2 Å². The summed E-state index contributed by atoms with van der Waals surface area (Å²) in [5.74, 6) is 0.636. The molecule has 1 aromatic carbocycles. The zero-order valence-corrected chi connectivity index (χ0v) is 11.2. The molecule has 1 N–H and O–H groups in total. The van der Waals surface area contributed by atoms with Gasteiger partial charge in [0.2, 0.25) is 0 Å². The molecular formula is C13H15Cl2NO. The van der Waals surface area contributed by atoms with Crippen molar-refractivity contribution in [2.45, 2.75) is 32.2 Å². The molecule has 2 unspecified atom stereocenters. The third-order valence-corrected chi connectivity index (χ3v) is 3.95. The molecule has 0 radical (unpaired) electrons. The van der Waals surface area contributed by atoms with Gasteiger partial charge in [-0.2, -0.15) is 0 Å². The Morgan fingerprint density at radius 2 is 2.06 bits per heavy atom. The van der Waals surface area contributed by atoms with E-state index in [-0.39, 0.29) is 5.91 Å². The van der Waals surface area contributed by atoms with Crippen LogP contribution in [-0.4, -0.2) is 11.9 Å². The molecule has 92 valence electrons. The van der Waals surface area contributed by atoms with Crippen molar-refractivity contribution in [3.63, 3.8) is 0 Å². The molecule has 1 aromatic rings. The molecular weight excluding hydrogens is 257 g/mol. The van der Waals surface area contributed by atoms with Gasteiger partial charge in [-0.3, -0.25) is 4.79 Å². The third-order valence-electron chi connectivity index (χ3n) is 3.21. The monoisotopic (exact) mass is 271 g/mol. The lowest BCUT2D eigenvalue weighted by Gasteiger charge is -2.12. The van der Waals surface area contributed by atoms with Crippen LogP contribution in [0, 0.1) is 5.92 Å². The first-order valence-electron chi connectivity index (χ1n) is 5.82. The summed E-state index contributed by atoms with van der Waals surface area (Å²) in [6.07, 6.45) is 3.31. The molecule has 1 aliphatic rings. The predicted molar refractivity (Wildman–Crippen MR) is 70.7 cm³/mol. The minimum Gasteiger partial charge on any atom is -0.349 e. The molecule has 0 aromatic heterocycles. The molecule has 2 nitrogen and oxygen atoms in total. The Labute approximate surface area is 111 Å². The Kier molecular flexibility index (Phi) is 3.95. The van der Waals surface area contributed by atoms with Crippen LogP contribution in [0.4, 0.5) is 0 Å². The lowest BCUT2D eigenvalue weighted by molar-refractivity contribution is 0.0937. The van der Waals surface area contributed by atoms with Crippen LogP contribution in [0.5, 0.6) is 0 Å². The van der Waals surface area contributed by atoms with Crippen LogP contribution in [0.15, 0.2) is 18.2 Å². The fourth-order valence-corrected chi connectivity index (χ4v) is 2.54. The summed E-state index contributed by atoms with van der Waals surface area (Å²) < 4.78 is 0. The van der Waals surface area contributed by atoms with E-state index in [0.717, 1.165) is 12.8 Å². The molecule has 1 saturated carbocycles. The van der Waals surface area contributed by atoms with Crippen LogP contribution in [0.3, 0.4) is 0 Å². The highest BCUT2D eigenvalue weighted by Crippen LogP contribution is 2.26. The average Bonchev–Trinajstić information content (AvgIpc) is 2.68. The molecule has 1 aliphatic carbocycles. The second-order valence-corrected chi connectivity index (χ2v) is 5.53. The second kappa shape index (κ2) is 5.28. The number of hydrogen-bond acceptors (Lipinski definition) is 1. The maximum absolute atomic E-state index is 12.0. The van der Waals surface area contributed by atoms with Crippen LogP contribution >= 0.6 is 23.2 Å². The Balaban J connectivity index is 2.02. The fraction of sp³-hybridized carbons (Fsp3) is 0.462. The first-order valence-corrected chi connectivity index (χ1v) is 6.58. The van der Waals surface area contributed by atoms with Gasteiger partial charge in [-0.25, -0.2) is 0 Å². The molecule has 0 heterocycles. The number of hydrogen-bond donors (Lipinski definition) is 1. The number of carbonyl (C=O) groups is 1. The minimum absolute atomic E-state index is 0.0670. The van der Waals surface area contributed by atoms with Crippen molar-refractivity contribution in [2.24, 2.45) is 5.92 Å². The molecule has 2 atom stereocenters. The van der Waals surface area contributed by atoms with E-state index in [1.807, 2.05) is 0 Å². The van der Waals surface area contributed by atoms with E-state index in [0.29, 0.717) is 27.6 Å². The Hall–Kier alpha value is -0.730. The molecule has 0 aliphatic heterocycles. The molecule has 0 spiro atoms. The molecule has 1 amide bonds. The number of nitrogens with one attached hydrogen (secondary N) is 1. The summed E-state index contributed by atoms with van der Waals surface area (Å²) in [5, 5.41) is 3.92. The number of halogens is 2. The Morgan fingerprint density at radius 1 is 1.29 bits per heavy atom. The van der Waals surface area contributed by atoms with Crippen molar-refractivity contribution in [3.05, 3.63) is 33.8 Å². The summed E-state index contributed by atoms with van der Waals surface area (Å²) in [4.78, 5) is 12.0. The maximum Gasteiger partial charge on any atom is 0.251 e. The standard InChI is InChI=1S/C13H15Cl2NO/c1-8-2-4-10(6-8)16-13(17)9-3-5-11(14)12(15)7-9/h3,5,7-8,10H,2,4,6H2,1H3,(H,16,17). The highest BCUT2D eigenvalue weighted by Gasteiger charge is 2.23. The van der Waals surface area contributed by atoms with E-state index in [9.17, 15) is 4.79 Å². The van der Waals surface area contributed by atoms with Crippen LogP contribution in [0.1, 0.15) is 36.5 Å². The van der Waals surface area contributed by atoms with Crippen molar-refractivity contribution >= 4 is 29.1 Å². The SMILES string of the molecule is CC1CCC(NC(=O)c2ccc(Cl)c(Cl)c2)C1. The van der Waals surface area contributed by atoms with Crippen molar-refractivity contribution in [3.8, 4) is 0 Å².